The highest BCUT2D eigenvalue weighted by molar-refractivity contribution is 5.92. The molecule has 1 saturated carbocycles. The second-order valence-corrected chi connectivity index (χ2v) is 7.75. The minimum atomic E-state index is -0.863. The molecule has 0 radical (unpaired) electrons. The molecule has 0 saturated heterocycles. The summed E-state index contributed by atoms with van der Waals surface area (Å²) in [6, 6.07) is 0. The van der Waals surface area contributed by atoms with Crippen LogP contribution in [0.3, 0.4) is 0 Å². The molecule has 0 spiro atoms. The average Bonchev–Trinajstić information content (AvgIpc) is 3.37. The van der Waals surface area contributed by atoms with E-state index >= 15 is 0 Å². The van der Waals surface area contributed by atoms with Crippen LogP contribution in [0.15, 0.2) is 12.2 Å². The minimum Gasteiger partial charge on any atom is -0.392 e. The van der Waals surface area contributed by atoms with Crippen molar-refractivity contribution in [1.82, 2.24) is 0 Å². The number of unbranched alkanes of at least 4 members (excludes halogenated alkanes) is 11. The molecule has 4 nitrogen and oxygen atoms in total. The Morgan fingerprint density at radius 2 is 1.35 bits per heavy atom. The molecule has 0 aromatic carbocycles. The van der Waals surface area contributed by atoms with Gasteiger partial charge in [0.05, 0.1) is 0 Å². The molecule has 0 aromatic rings. The number of ether oxygens (including phenoxy) is 1. The van der Waals surface area contributed by atoms with Crippen molar-refractivity contribution in [2.24, 2.45) is 5.73 Å². The number of hydrogen-bond acceptors (Lipinski definition) is 4. The highest BCUT2D eigenvalue weighted by Crippen LogP contribution is 2.33. The number of hydrogen-bond donors (Lipinski definition) is 1. The Hall–Kier alpha value is -1.16. The summed E-state index contributed by atoms with van der Waals surface area (Å²) in [4.78, 5) is 23.1. The summed E-state index contributed by atoms with van der Waals surface area (Å²) >= 11 is 0. The van der Waals surface area contributed by atoms with Crippen molar-refractivity contribution in [3.05, 3.63) is 12.2 Å². The van der Waals surface area contributed by atoms with E-state index in [0.29, 0.717) is 19.3 Å². The molecule has 2 N–H and O–H groups in total. The van der Waals surface area contributed by atoms with Crippen molar-refractivity contribution < 1.29 is 14.3 Å². The van der Waals surface area contributed by atoms with Gasteiger partial charge in [0.1, 0.15) is 5.54 Å². The van der Waals surface area contributed by atoms with E-state index < -0.39 is 17.5 Å². The molecule has 0 amide bonds. The third-order valence-electron chi connectivity index (χ3n) is 5.04. The second kappa shape index (κ2) is 14.0. The lowest BCUT2D eigenvalue weighted by atomic mass is 10.1. The first kappa shape index (κ1) is 22.9. The third kappa shape index (κ3) is 11.5. The van der Waals surface area contributed by atoms with E-state index in [1.807, 2.05) is 0 Å². The maximum Gasteiger partial charge on any atom is 0.333 e. The minimum absolute atomic E-state index is 0.319. The van der Waals surface area contributed by atoms with Gasteiger partial charge in [0.25, 0.3) is 0 Å². The van der Waals surface area contributed by atoms with Crippen molar-refractivity contribution >= 4 is 11.9 Å². The number of allylic oxidation sites excluding steroid dienone is 2. The molecule has 0 aromatic heterocycles. The highest BCUT2D eigenvalue weighted by Gasteiger charge is 2.48. The monoisotopic (exact) mass is 365 g/mol. The first-order valence-corrected chi connectivity index (χ1v) is 10.8. The Morgan fingerprint density at radius 3 is 1.88 bits per heavy atom. The van der Waals surface area contributed by atoms with Gasteiger partial charge < -0.3 is 10.5 Å². The molecule has 0 atom stereocenters. The first-order chi connectivity index (χ1) is 12.6. The van der Waals surface area contributed by atoms with E-state index in [0.717, 1.165) is 25.7 Å². The van der Waals surface area contributed by atoms with E-state index in [2.05, 4.69) is 19.1 Å². The topological polar surface area (TPSA) is 69.4 Å². The molecule has 0 aliphatic heterocycles. The molecule has 0 heterocycles. The zero-order valence-electron chi connectivity index (χ0n) is 16.8. The van der Waals surface area contributed by atoms with Crippen LogP contribution in [0.1, 0.15) is 110 Å². The Balaban J connectivity index is 1.81. The van der Waals surface area contributed by atoms with E-state index in [1.165, 1.54) is 57.8 Å². The zero-order chi connectivity index (χ0) is 19.1. The molecule has 0 bridgehead atoms. The maximum absolute atomic E-state index is 11.6. The average molecular weight is 366 g/mol. The van der Waals surface area contributed by atoms with Gasteiger partial charge >= 0.3 is 11.9 Å². The van der Waals surface area contributed by atoms with Gasteiger partial charge in [-0.25, -0.2) is 4.79 Å². The molecular formula is C22H39NO3. The van der Waals surface area contributed by atoms with E-state index in [1.54, 1.807) is 0 Å². The van der Waals surface area contributed by atoms with Crippen molar-refractivity contribution in [3.63, 3.8) is 0 Å². The fraction of sp³-hybridized carbons (Fsp3) is 0.818. The van der Waals surface area contributed by atoms with E-state index in [4.69, 9.17) is 10.5 Å². The van der Waals surface area contributed by atoms with Gasteiger partial charge in [0, 0.05) is 6.42 Å². The lowest BCUT2D eigenvalue weighted by molar-refractivity contribution is -0.161. The van der Waals surface area contributed by atoms with Gasteiger partial charge in [0.15, 0.2) is 0 Å². The van der Waals surface area contributed by atoms with Crippen LogP contribution >= 0.6 is 0 Å². The number of esters is 2. The van der Waals surface area contributed by atoms with Crippen LogP contribution in [0.4, 0.5) is 0 Å². The predicted octanol–water partition coefficient (Wildman–Crippen LogP) is 5.59. The van der Waals surface area contributed by atoms with Crippen LogP contribution in [0.25, 0.3) is 0 Å². The highest BCUT2D eigenvalue weighted by atomic mass is 16.6. The van der Waals surface area contributed by atoms with Crippen molar-refractivity contribution in [3.8, 4) is 0 Å². The Kier molecular flexibility index (Phi) is 12.3. The molecule has 0 unspecified atom stereocenters. The SMILES string of the molecule is CCCCCCCC/C=C\CCCCCCCC(=O)OC(=O)C1(N)CC1. The first-order valence-electron chi connectivity index (χ1n) is 10.8. The van der Waals surface area contributed by atoms with Gasteiger partial charge in [-0.05, 0) is 44.9 Å². The summed E-state index contributed by atoms with van der Waals surface area (Å²) in [5.41, 5.74) is 4.83. The maximum atomic E-state index is 11.6. The second-order valence-electron chi connectivity index (χ2n) is 7.75. The third-order valence-corrected chi connectivity index (χ3v) is 5.04. The molecule has 150 valence electrons. The van der Waals surface area contributed by atoms with Crippen LogP contribution in [0.2, 0.25) is 0 Å². The van der Waals surface area contributed by atoms with Crippen LogP contribution in [0, 0.1) is 0 Å². The van der Waals surface area contributed by atoms with Gasteiger partial charge in [-0.2, -0.15) is 0 Å². The summed E-state index contributed by atoms with van der Waals surface area (Å²) in [7, 11) is 0. The fourth-order valence-electron chi connectivity index (χ4n) is 2.93. The van der Waals surface area contributed by atoms with E-state index in [9.17, 15) is 9.59 Å². The fourth-order valence-corrected chi connectivity index (χ4v) is 2.93. The molecular weight excluding hydrogens is 326 g/mol. The summed E-state index contributed by atoms with van der Waals surface area (Å²) in [6.45, 7) is 2.25. The van der Waals surface area contributed by atoms with Gasteiger partial charge in [-0.1, -0.05) is 70.4 Å². The van der Waals surface area contributed by atoms with E-state index in [-0.39, 0.29) is 0 Å². The van der Waals surface area contributed by atoms with Crippen molar-refractivity contribution in [2.75, 3.05) is 0 Å². The Labute approximate surface area is 159 Å². The molecule has 1 aliphatic rings. The van der Waals surface area contributed by atoms with Gasteiger partial charge in [0.2, 0.25) is 0 Å². The largest absolute Gasteiger partial charge is 0.392 e. The number of carbonyl (C=O) groups is 2. The van der Waals surface area contributed by atoms with Crippen molar-refractivity contribution in [2.45, 2.75) is 115 Å². The van der Waals surface area contributed by atoms with Crippen LogP contribution < -0.4 is 5.73 Å². The van der Waals surface area contributed by atoms with Crippen molar-refractivity contribution in [1.29, 1.82) is 0 Å². The lowest BCUT2D eigenvalue weighted by Crippen LogP contribution is -2.35. The smallest absolute Gasteiger partial charge is 0.333 e. The summed E-state index contributed by atoms with van der Waals surface area (Å²) in [5, 5.41) is 0. The summed E-state index contributed by atoms with van der Waals surface area (Å²) in [5.74, 6) is -0.973. The molecule has 4 heteroatoms. The van der Waals surface area contributed by atoms with Crippen LogP contribution in [-0.4, -0.2) is 17.5 Å². The molecule has 1 aliphatic carbocycles. The van der Waals surface area contributed by atoms with Gasteiger partial charge in [-0.3, -0.25) is 4.79 Å². The summed E-state index contributed by atoms with van der Waals surface area (Å²) < 4.78 is 4.78. The normalized spacial score (nSPS) is 15.3. The standard InChI is InChI=1S/C22H39NO3/c1-2-3-4-5-6-7-8-9-10-11-12-13-14-15-16-17-20(24)26-21(25)22(23)18-19-22/h9-10H,2-8,11-19,23H2,1H3/b10-9-. The van der Waals surface area contributed by atoms with Crippen LogP contribution in [0.5, 0.6) is 0 Å². The quantitative estimate of drug-likeness (QED) is 0.168. The zero-order valence-corrected chi connectivity index (χ0v) is 16.8. The lowest BCUT2D eigenvalue weighted by Gasteiger charge is -2.07. The Morgan fingerprint density at radius 1 is 0.846 bits per heavy atom. The Bertz CT molecular complexity index is 427. The number of rotatable bonds is 16. The number of nitrogens with two attached hydrogens (primary N) is 1. The predicted molar refractivity (Wildman–Crippen MR) is 107 cm³/mol. The van der Waals surface area contributed by atoms with Gasteiger partial charge in [-0.15, -0.1) is 0 Å². The number of carbonyl (C=O) groups excluding carboxylic acids is 2. The van der Waals surface area contributed by atoms with Crippen LogP contribution in [-0.2, 0) is 14.3 Å². The summed E-state index contributed by atoms with van der Waals surface area (Å²) in [6.07, 6.45) is 22.1. The molecule has 1 rings (SSSR count). The molecule has 1 fully saturated rings. The molecule has 26 heavy (non-hydrogen) atoms.